The molecule has 5 nitrogen and oxygen atoms in total. The number of nitrogens with zero attached hydrogens (tertiary/aromatic N) is 1. The van der Waals surface area contributed by atoms with Crippen LogP contribution in [0.3, 0.4) is 0 Å². The molecule has 0 saturated heterocycles. The fourth-order valence-corrected chi connectivity index (χ4v) is 1.94. The number of halogens is 1. The van der Waals surface area contributed by atoms with Gasteiger partial charge < -0.3 is 10.6 Å². The highest BCUT2D eigenvalue weighted by Gasteiger charge is 2.13. The van der Waals surface area contributed by atoms with Crippen molar-refractivity contribution < 1.29 is 14.0 Å². The molecule has 0 radical (unpaired) electrons. The molecule has 0 aliphatic heterocycles. The van der Waals surface area contributed by atoms with Gasteiger partial charge >= 0.3 is 0 Å². The minimum Gasteiger partial charge on any atom is -0.353 e. The third kappa shape index (κ3) is 6.67. The highest BCUT2D eigenvalue weighted by atomic mass is 19.1. The van der Waals surface area contributed by atoms with Gasteiger partial charge in [-0.25, -0.2) is 4.39 Å². The summed E-state index contributed by atoms with van der Waals surface area (Å²) in [6.07, 6.45) is 0. The van der Waals surface area contributed by atoms with Gasteiger partial charge in [-0.1, -0.05) is 25.1 Å². The van der Waals surface area contributed by atoms with Gasteiger partial charge in [0, 0.05) is 18.2 Å². The molecule has 0 aliphatic rings. The van der Waals surface area contributed by atoms with Gasteiger partial charge in [0.2, 0.25) is 11.8 Å². The van der Waals surface area contributed by atoms with Gasteiger partial charge in [0.05, 0.1) is 13.1 Å². The molecule has 0 atom stereocenters. The van der Waals surface area contributed by atoms with Crippen LogP contribution < -0.4 is 10.6 Å². The monoisotopic (exact) mass is 309 g/mol. The summed E-state index contributed by atoms with van der Waals surface area (Å²) < 4.78 is 13.4. The molecule has 0 aromatic heterocycles. The lowest BCUT2D eigenvalue weighted by molar-refractivity contribution is -0.125. The van der Waals surface area contributed by atoms with Crippen LogP contribution in [0.2, 0.25) is 0 Å². The maximum Gasteiger partial charge on any atom is 0.234 e. The number of amides is 2. The molecule has 2 N–H and O–H groups in total. The third-order valence-electron chi connectivity index (χ3n) is 3.07. The van der Waals surface area contributed by atoms with E-state index in [1.54, 1.807) is 23.1 Å². The predicted molar refractivity (Wildman–Crippen MR) is 83.6 cm³/mol. The van der Waals surface area contributed by atoms with Crippen LogP contribution in [0.4, 0.5) is 4.39 Å². The second-order valence-electron chi connectivity index (χ2n) is 5.39. The first-order valence-electron chi connectivity index (χ1n) is 7.44. The zero-order valence-corrected chi connectivity index (χ0v) is 13.4. The summed E-state index contributed by atoms with van der Waals surface area (Å²) >= 11 is 0. The van der Waals surface area contributed by atoms with Crippen LogP contribution in [0.5, 0.6) is 0 Å². The molecule has 0 heterocycles. The number of carbonyl (C=O) groups excluding carboxylic acids is 2. The molecule has 0 fully saturated rings. The van der Waals surface area contributed by atoms with Crippen molar-refractivity contribution >= 4 is 11.8 Å². The van der Waals surface area contributed by atoms with Gasteiger partial charge in [0.25, 0.3) is 0 Å². The summed E-state index contributed by atoms with van der Waals surface area (Å²) in [7, 11) is 0. The Kier molecular flexibility index (Phi) is 7.52. The number of benzene rings is 1. The summed E-state index contributed by atoms with van der Waals surface area (Å²) in [5.74, 6) is -0.687. The predicted octanol–water partition coefficient (Wildman–Crippen LogP) is 1.29. The fraction of sp³-hybridized carbons (Fsp3) is 0.500. The lowest BCUT2D eigenvalue weighted by atomic mass is 10.2. The van der Waals surface area contributed by atoms with Gasteiger partial charge in [0.15, 0.2) is 0 Å². The van der Waals surface area contributed by atoms with E-state index in [2.05, 4.69) is 10.6 Å². The largest absolute Gasteiger partial charge is 0.353 e. The average molecular weight is 309 g/mol. The maximum atomic E-state index is 13.4. The average Bonchev–Trinajstić information content (AvgIpc) is 2.44. The molecule has 0 bridgehead atoms. The van der Waals surface area contributed by atoms with Crippen molar-refractivity contribution in [3.8, 4) is 0 Å². The normalized spacial score (nSPS) is 10.8. The molecule has 0 saturated carbocycles. The van der Waals surface area contributed by atoms with E-state index in [0.29, 0.717) is 12.1 Å². The quantitative estimate of drug-likeness (QED) is 0.761. The molecule has 1 aromatic rings. The molecule has 22 heavy (non-hydrogen) atoms. The summed E-state index contributed by atoms with van der Waals surface area (Å²) in [5.41, 5.74) is 0.441. The van der Waals surface area contributed by atoms with Gasteiger partial charge in [-0.2, -0.15) is 0 Å². The van der Waals surface area contributed by atoms with Crippen LogP contribution in [0, 0.1) is 5.82 Å². The Morgan fingerprint density at radius 3 is 2.41 bits per heavy atom. The van der Waals surface area contributed by atoms with Crippen molar-refractivity contribution in [3.05, 3.63) is 35.6 Å². The summed E-state index contributed by atoms with van der Waals surface area (Å²) in [6.45, 7) is 6.65. The maximum absolute atomic E-state index is 13.4. The zero-order valence-electron chi connectivity index (χ0n) is 13.4. The first-order valence-corrected chi connectivity index (χ1v) is 7.44. The zero-order chi connectivity index (χ0) is 16.5. The number of carbonyl (C=O) groups is 2. The number of likely N-dealkylation sites (N-methyl/N-ethyl adjacent to an activating group) is 1. The number of rotatable bonds is 8. The Balaban J connectivity index is 2.42. The van der Waals surface area contributed by atoms with Crippen molar-refractivity contribution in [1.82, 2.24) is 15.5 Å². The Morgan fingerprint density at radius 1 is 1.18 bits per heavy atom. The molecular formula is C16H24FN3O2. The Labute approximate surface area is 130 Å². The summed E-state index contributed by atoms with van der Waals surface area (Å²) in [4.78, 5) is 25.3. The van der Waals surface area contributed by atoms with Gasteiger partial charge in [0.1, 0.15) is 5.82 Å². The van der Waals surface area contributed by atoms with Crippen LogP contribution in [-0.4, -0.2) is 42.4 Å². The van der Waals surface area contributed by atoms with Gasteiger partial charge in [-0.3, -0.25) is 14.5 Å². The second kappa shape index (κ2) is 9.15. The molecule has 1 aromatic carbocycles. The van der Waals surface area contributed by atoms with E-state index in [9.17, 15) is 14.0 Å². The van der Waals surface area contributed by atoms with Crippen molar-refractivity contribution in [2.24, 2.45) is 0 Å². The van der Waals surface area contributed by atoms with Crippen LogP contribution in [-0.2, 0) is 16.1 Å². The van der Waals surface area contributed by atoms with Crippen LogP contribution in [0.1, 0.15) is 26.3 Å². The number of hydrogen-bond donors (Lipinski definition) is 2. The van der Waals surface area contributed by atoms with Gasteiger partial charge in [-0.05, 0) is 26.5 Å². The van der Waals surface area contributed by atoms with E-state index in [1.165, 1.54) is 6.07 Å². The van der Waals surface area contributed by atoms with E-state index in [-0.39, 0.29) is 43.3 Å². The Bertz CT molecular complexity index is 506. The van der Waals surface area contributed by atoms with E-state index in [4.69, 9.17) is 0 Å². The molecule has 0 spiro atoms. The smallest absolute Gasteiger partial charge is 0.234 e. The Morgan fingerprint density at radius 2 is 1.82 bits per heavy atom. The number of nitrogens with one attached hydrogen (secondary N) is 2. The van der Waals surface area contributed by atoms with Crippen molar-refractivity contribution in [3.63, 3.8) is 0 Å². The standard InChI is InChI=1S/C16H24FN3O2/c1-4-20(11-16(22)19-12(2)3)10-15(21)18-9-13-7-5-6-8-14(13)17/h5-8,12H,4,9-11H2,1-3H3,(H,18,21)(H,19,22). The fourth-order valence-electron chi connectivity index (χ4n) is 1.94. The van der Waals surface area contributed by atoms with E-state index in [0.717, 1.165) is 0 Å². The lowest BCUT2D eigenvalue weighted by Gasteiger charge is -2.20. The SMILES string of the molecule is CCN(CC(=O)NCc1ccccc1F)CC(=O)NC(C)C. The molecule has 1 rings (SSSR count). The van der Waals surface area contributed by atoms with Crippen molar-refractivity contribution in [2.75, 3.05) is 19.6 Å². The van der Waals surface area contributed by atoms with E-state index in [1.807, 2.05) is 20.8 Å². The highest BCUT2D eigenvalue weighted by Crippen LogP contribution is 2.05. The van der Waals surface area contributed by atoms with Crippen LogP contribution in [0.15, 0.2) is 24.3 Å². The molecule has 6 heteroatoms. The second-order valence-corrected chi connectivity index (χ2v) is 5.39. The minimum absolute atomic E-state index is 0.0705. The van der Waals surface area contributed by atoms with Crippen LogP contribution in [0.25, 0.3) is 0 Å². The molecular weight excluding hydrogens is 285 g/mol. The number of hydrogen-bond acceptors (Lipinski definition) is 3. The summed E-state index contributed by atoms with van der Waals surface area (Å²) in [6, 6.07) is 6.38. The highest BCUT2D eigenvalue weighted by molar-refractivity contribution is 5.81. The van der Waals surface area contributed by atoms with E-state index >= 15 is 0 Å². The topological polar surface area (TPSA) is 61.4 Å². The Hall–Kier alpha value is -1.95. The van der Waals surface area contributed by atoms with Crippen LogP contribution >= 0.6 is 0 Å². The lowest BCUT2D eigenvalue weighted by Crippen LogP contribution is -2.44. The third-order valence-corrected chi connectivity index (χ3v) is 3.07. The van der Waals surface area contributed by atoms with Crippen molar-refractivity contribution in [2.45, 2.75) is 33.4 Å². The van der Waals surface area contributed by atoms with Crippen molar-refractivity contribution in [1.29, 1.82) is 0 Å². The molecule has 2 amide bonds. The van der Waals surface area contributed by atoms with Gasteiger partial charge in [-0.15, -0.1) is 0 Å². The minimum atomic E-state index is -0.341. The molecule has 0 aliphatic carbocycles. The van der Waals surface area contributed by atoms with E-state index < -0.39 is 0 Å². The molecule has 122 valence electrons. The summed E-state index contributed by atoms with van der Waals surface area (Å²) in [5, 5.41) is 5.45. The molecule has 0 unspecified atom stereocenters. The first kappa shape index (κ1) is 18.1. The first-order chi connectivity index (χ1) is 10.4.